The van der Waals surface area contributed by atoms with Crippen LogP contribution in [0.4, 0.5) is 5.69 Å². The first-order chi connectivity index (χ1) is 13.0. The van der Waals surface area contributed by atoms with Gasteiger partial charge in [0.05, 0.1) is 23.3 Å². The van der Waals surface area contributed by atoms with E-state index in [0.717, 1.165) is 0 Å². The zero-order valence-corrected chi connectivity index (χ0v) is 15.3. The number of hydrogen-bond donors (Lipinski definition) is 1. The molecule has 0 saturated heterocycles. The van der Waals surface area contributed by atoms with E-state index < -0.39 is 16.0 Å². The van der Waals surface area contributed by atoms with Gasteiger partial charge < -0.3 is 9.47 Å². The number of benzene rings is 3. The highest BCUT2D eigenvalue weighted by Gasteiger charge is 2.18. The Hall–Kier alpha value is -3.32. The average Bonchev–Trinajstić information content (AvgIpc) is 2.69. The Morgan fingerprint density at radius 1 is 0.889 bits per heavy atom. The van der Waals surface area contributed by atoms with Crippen molar-refractivity contribution >= 4 is 21.7 Å². The molecule has 0 fully saturated rings. The molecule has 3 aromatic rings. The summed E-state index contributed by atoms with van der Waals surface area (Å²) in [4.78, 5) is 11.6. The SMILES string of the molecule is COC(=O)c1cccc(S(=O)(=O)Nc2ccccc2Oc2ccccc2)c1. The maximum Gasteiger partial charge on any atom is 0.337 e. The summed E-state index contributed by atoms with van der Waals surface area (Å²) >= 11 is 0. The van der Waals surface area contributed by atoms with Gasteiger partial charge in [-0.25, -0.2) is 13.2 Å². The number of anilines is 1. The Morgan fingerprint density at radius 3 is 2.33 bits per heavy atom. The smallest absolute Gasteiger partial charge is 0.337 e. The first-order valence-corrected chi connectivity index (χ1v) is 9.51. The molecular formula is C20H17NO5S. The fourth-order valence-corrected chi connectivity index (χ4v) is 3.48. The average molecular weight is 383 g/mol. The largest absolute Gasteiger partial charge is 0.465 e. The number of carbonyl (C=O) groups is 1. The predicted molar refractivity (Wildman–Crippen MR) is 102 cm³/mol. The Labute approximate surface area is 157 Å². The van der Waals surface area contributed by atoms with Gasteiger partial charge in [-0.3, -0.25) is 4.72 Å². The maximum absolute atomic E-state index is 12.8. The van der Waals surface area contributed by atoms with E-state index in [1.54, 1.807) is 36.4 Å². The van der Waals surface area contributed by atoms with Gasteiger partial charge in [0, 0.05) is 0 Å². The third kappa shape index (κ3) is 4.45. The molecule has 0 spiro atoms. The van der Waals surface area contributed by atoms with Crippen LogP contribution >= 0.6 is 0 Å². The molecule has 6 nitrogen and oxygen atoms in total. The fraction of sp³-hybridized carbons (Fsp3) is 0.0500. The second kappa shape index (κ2) is 7.92. The van der Waals surface area contributed by atoms with Gasteiger partial charge in [-0.15, -0.1) is 0 Å². The highest BCUT2D eigenvalue weighted by Crippen LogP contribution is 2.31. The highest BCUT2D eigenvalue weighted by atomic mass is 32.2. The molecule has 138 valence electrons. The van der Waals surface area contributed by atoms with Crippen LogP contribution in [-0.4, -0.2) is 21.5 Å². The van der Waals surface area contributed by atoms with Crippen LogP contribution in [0.2, 0.25) is 0 Å². The maximum atomic E-state index is 12.8. The molecule has 0 atom stereocenters. The highest BCUT2D eigenvalue weighted by molar-refractivity contribution is 7.92. The van der Waals surface area contributed by atoms with Crippen molar-refractivity contribution in [1.82, 2.24) is 0 Å². The zero-order chi connectivity index (χ0) is 19.3. The zero-order valence-electron chi connectivity index (χ0n) is 14.5. The lowest BCUT2D eigenvalue weighted by atomic mass is 10.2. The standard InChI is InChI=1S/C20H17NO5S/c1-25-20(22)15-8-7-11-17(14-15)27(23,24)21-18-12-5-6-13-19(18)26-16-9-3-2-4-10-16/h2-14,21H,1H3. The van der Waals surface area contributed by atoms with Crippen LogP contribution in [0.3, 0.4) is 0 Å². The number of nitrogens with one attached hydrogen (secondary N) is 1. The van der Waals surface area contributed by atoms with Crippen molar-refractivity contribution in [3.8, 4) is 11.5 Å². The van der Waals surface area contributed by atoms with E-state index in [-0.39, 0.29) is 16.1 Å². The van der Waals surface area contributed by atoms with Crippen LogP contribution in [0.5, 0.6) is 11.5 Å². The molecule has 27 heavy (non-hydrogen) atoms. The number of para-hydroxylation sites is 3. The Morgan fingerprint density at radius 2 is 1.59 bits per heavy atom. The van der Waals surface area contributed by atoms with Gasteiger partial charge >= 0.3 is 5.97 Å². The summed E-state index contributed by atoms with van der Waals surface area (Å²) in [5, 5.41) is 0. The number of ether oxygens (including phenoxy) is 2. The quantitative estimate of drug-likeness (QED) is 0.649. The predicted octanol–water partition coefficient (Wildman–Crippen LogP) is 4.07. The third-order valence-electron chi connectivity index (χ3n) is 3.67. The molecule has 0 saturated carbocycles. The molecule has 0 heterocycles. The molecule has 3 rings (SSSR count). The molecule has 0 unspecified atom stereocenters. The number of rotatable bonds is 6. The van der Waals surface area contributed by atoms with Crippen molar-refractivity contribution in [2.45, 2.75) is 4.90 Å². The monoisotopic (exact) mass is 383 g/mol. The Balaban J connectivity index is 1.90. The van der Waals surface area contributed by atoms with Gasteiger partial charge in [-0.1, -0.05) is 36.4 Å². The van der Waals surface area contributed by atoms with Crippen LogP contribution in [0, 0.1) is 0 Å². The van der Waals surface area contributed by atoms with E-state index in [4.69, 9.17) is 4.74 Å². The molecule has 0 aliphatic rings. The first kappa shape index (κ1) is 18.5. The van der Waals surface area contributed by atoms with Crippen molar-refractivity contribution in [2.24, 2.45) is 0 Å². The van der Waals surface area contributed by atoms with E-state index in [9.17, 15) is 13.2 Å². The van der Waals surface area contributed by atoms with Gasteiger partial charge in [-0.2, -0.15) is 0 Å². The molecule has 3 aromatic carbocycles. The van der Waals surface area contributed by atoms with Gasteiger partial charge in [-0.05, 0) is 42.5 Å². The molecule has 0 radical (unpaired) electrons. The lowest BCUT2D eigenvalue weighted by Crippen LogP contribution is -2.14. The summed E-state index contributed by atoms with van der Waals surface area (Å²) in [5.41, 5.74) is 0.430. The van der Waals surface area contributed by atoms with Gasteiger partial charge in [0.2, 0.25) is 0 Å². The molecule has 1 N–H and O–H groups in total. The number of carbonyl (C=O) groups excluding carboxylic acids is 1. The summed E-state index contributed by atoms with van der Waals surface area (Å²) < 4.78 is 38.4. The van der Waals surface area contributed by atoms with Gasteiger partial charge in [0.25, 0.3) is 10.0 Å². The lowest BCUT2D eigenvalue weighted by Gasteiger charge is -2.13. The van der Waals surface area contributed by atoms with Gasteiger partial charge in [0.1, 0.15) is 5.75 Å². The van der Waals surface area contributed by atoms with Crippen LogP contribution in [0.1, 0.15) is 10.4 Å². The minimum absolute atomic E-state index is 0.0556. The first-order valence-electron chi connectivity index (χ1n) is 8.03. The molecule has 0 aromatic heterocycles. The van der Waals surface area contributed by atoms with Crippen LogP contribution in [-0.2, 0) is 14.8 Å². The van der Waals surface area contributed by atoms with Crippen LogP contribution in [0.25, 0.3) is 0 Å². The normalized spacial score (nSPS) is 10.9. The Bertz CT molecular complexity index is 1050. The number of esters is 1. The molecule has 0 bridgehead atoms. The van der Waals surface area contributed by atoms with Crippen molar-refractivity contribution < 1.29 is 22.7 Å². The lowest BCUT2D eigenvalue weighted by molar-refractivity contribution is 0.0600. The third-order valence-corrected chi connectivity index (χ3v) is 5.03. The number of sulfonamides is 1. The van der Waals surface area contributed by atoms with Crippen LogP contribution < -0.4 is 9.46 Å². The Kier molecular flexibility index (Phi) is 5.42. The second-order valence-electron chi connectivity index (χ2n) is 5.54. The van der Waals surface area contributed by atoms with Crippen molar-refractivity contribution in [2.75, 3.05) is 11.8 Å². The summed E-state index contributed by atoms with van der Waals surface area (Å²) in [5.74, 6) is 0.327. The fourth-order valence-electron chi connectivity index (χ4n) is 2.37. The van der Waals surface area contributed by atoms with Crippen LogP contribution in [0.15, 0.2) is 83.8 Å². The molecular weight excluding hydrogens is 366 g/mol. The minimum Gasteiger partial charge on any atom is -0.465 e. The van der Waals surface area contributed by atoms with Crippen molar-refractivity contribution in [3.63, 3.8) is 0 Å². The molecule has 7 heteroatoms. The van der Waals surface area contributed by atoms with E-state index >= 15 is 0 Å². The van der Waals surface area contributed by atoms with E-state index in [0.29, 0.717) is 11.5 Å². The van der Waals surface area contributed by atoms with E-state index in [1.807, 2.05) is 18.2 Å². The summed E-state index contributed by atoms with van der Waals surface area (Å²) in [7, 11) is -2.70. The summed E-state index contributed by atoms with van der Waals surface area (Å²) in [6.07, 6.45) is 0. The topological polar surface area (TPSA) is 81.7 Å². The summed E-state index contributed by atoms with van der Waals surface area (Å²) in [6.45, 7) is 0. The van der Waals surface area contributed by atoms with Crippen molar-refractivity contribution in [3.05, 3.63) is 84.4 Å². The molecule has 0 amide bonds. The van der Waals surface area contributed by atoms with Crippen molar-refractivity contribution in [1.29, 1.82) is 0 Å². The number of methoxy groups -OCH3 is 1. The summed E-state index contributed by atoms with van der Waals surface area (Å²) in [6, 6.07) is 21.4. The molecule has 0 aliphatic carbocycles. The number of hydrogen-bond acceptors (Lipinski definition) is 5. The van der Waals surface area contributed by atoms with E-state index in [2.05, 4.69) is 9.46 Å². The van der Waals surface area contributed by atoms with Gasteiger partial charge in [0.15, 0.2) is 5.75 Å². The molecule has 0 aliphatic heterocycles. The van der Waals surface area contributed by atoms with E-state index in [1.165, 1.54) is 31.4 Å². The second-order valence-corrected chi connectivity index (χ2v) is 7.22. The minimum atomic E-state index is -3.93.